The van der Waals surface area contributed by atoms with Gasteiger partial charge in [0.1, 0.15) is 11.4 Å². The van der Waals surface area contributed by atoms with Crippen LogP contribution in [0.5, 0.6) is 5.75 Å². The molecule has 0 radical (unpaired) electrons. The summed E-state index contributed by atoms with van der Waals surface area (Å²) in [6.45, 7) is 6.78. The molecule has 0 aliphatic carbocycles. The third-order valence-electron chi connectivity index (χ3n) is 6.03. The fraction of sp³-hybridized carbons (Fsp3) is 0.667. The average molecular weight is 392 g/mol. The lowest BCUT2D eigenvalue weighted by Crippen LogP contribution is -2.38. The number of likely N-dealkylation sites (tertiary alicyclic amines) is 2. The Morgan fingerprint density at radius 1 is 1.25 bits per heavy atom. The van der Waals surface area contributed by atoms with Gasteiger partial charge < -0.3 is 14.6 Å². The van der Waals surface area contributed by atoms with Crippen LogP contribution in [0.1, 0.15) is 44.7 Å². The number of hydrogen-bond donors (Lipinski definition) is 1. The molecular formula is C21H30F2N4O. The van der Waals surface area contributed by atoms with Crippen LogP contribution in [0.25, 0.3) is 11.0 Å². The quantitative estimate of drug-likeness (QED) is 0.722. The van der Waals surface area contributed by atoms with Gasteiger partial charge in [0.05, 0.1) is 12.8 Å². The van der Waals surface area contributed by atoms with Crippen molar-refractivity contribution < 1.29 is 13.5 Å². The number of aromatic amines is 1. The van der Waals surface area contributed by atoms with E-state index in [1.165, 1.54) is 19.4 Å². The van der Waals surface area contributed by atoms with Crippen molar-refractivity contribution in [3.8, 4) is 5.75 Å². The minimum atomic E-state index is -2.50. The molecule has 2 aliphatic rings. The zero-order chi connectivity index (χ0) is 19.6. The number of nitrogens with one attached hydrogen (secondary N) is 1. The average Bonchev–Trinajstić information content (AvgIpc) is 3.25. The predicted octanol–water partition coefficient (Wildman–Crippen LogP) is 4.05. The van der Waals surface area contributed by atoms with Gasteiger partial charge >= 0.3 is 0 Å². The summed E-state index contributed by atoms with van der Waals surface area (Å²) in [5, 5.41) is 1.00. The lowest BCUT2D eigenvalue weighted by atomic mass is 10.1. The van der Waals surface area contributed by atoms with Crippen LogP contribution < -0.4 is 4.74 Å². The van der Waals surface area contributed by atoms with Crippen molar-refractivity contribution in [3.63, 3.8) is 0 Å². The molecule has 2 saturated heterocycles. The first-order chi connectivity index (χ1) is 13.5. The van der Waals surface area contributed by atoms with E-state index in [0.29, 0.717) is 32.3 Å². The van der Waals surface area contributed by atoms with Crippen molar-refractivity contribution in [2.75, 3.05) is 32.8 Å². The molecule has 0 spiro atoms. The second-order valence-corrected chi connectivity index (χ2v) is 8.26. The molecule has 0 amide bonds. The molecule has 0 saturated carbocycles. The Labute approximate surface area is 165 Å². The maximum Gasteiger partial charge on any atom is 0.250 e. The van der Waals surface area contributed by atoms with Crippen LogP contribution >= 0.6 is 0 Å². The van der Waals surface area contributed by atoms with Crippen LogP contribution in [0.15, 0.2) is 18.3 Å². The number of nitrogens with zero attached hydrogens (tertiary/aromatic N) is 3. The van der Waals surface area contributed by atoms with E-state index in [2.05, 4.69) is 26.7 Å². The van der Waals surface area contributed by atoms with Gasteiger partial charge in [-0.2, -0.15) is 0 Å². The number of pyridine rings is 1. The predicted molar refractivity (Wildman–Crippen MR) is 106 cm³/mol. The van der Waals surface area contributed by atoms with E-state index in [4.69, 9.17) is 4.74 Å². The molecule has 2 fully saturated rings. The fourth-order valence-corrected chi connectivity index (χ4v) is 4.28. The molecule has 0 unspecified atom stereocenters. The second kappa shape index (κ2) is 8.33. The van der Waals surface area contributed by atoms with Gasteiger partial charge in [-0.25, -0.2) is 13.8 Å². The lowest BCUT2D eigenvalue weighted by molar-refractivity contribution is -0.0568. The largest absolute Gasteiger partial charge is 0.492 e. The summed E-state index contributed by atoms with van der Waals surface area (Å²) in [6, 6.07) is 4.75. The molecule has 28 heavy (non-hydrogen) atoms. The highest BCUT2D eigenvalue weighted by Gasteiger charge is 2.33. The van der Waals surface area contributed by atoms with E-state index in [-0.39, 0.29) is 12.8 Å². The molecule has 1 N–H and O–H groups in total. The molecule has 2 aromatic heterocycles. The van der Waals surface area contributed by atoms with Crippen LogP contribution in [0, 0.1) is 0 Å². The first-order valence-corrected chi connectivity index (χ1v) is 10.4. The first kappa shape index (κ1) is 19.6. The normalized spacial score (nSPS) is 23.5. The summed E-state index contributed by atoms with van der Waals surface area (Å²) < 4.78 is 32.5. The van der Waals surface area contributed by atoms with E-state index in [1.54, 1.807) is 6.20 Å². The Morgan fingerprint density at radius 2 is 2.07 bits per heavy atom. The minimum Gasteiger partial charge on any atom is -0.492 e. The van der Waals surface area contributed by atoms with Crippen molar-refractivity contribution in [3.05, 3.63) is 24.0 Å². The number of aromatic nitrogens is 2. The summed E-state index contributed by atoms with van der Waals surface area (Å²) in [5.41, 5.74) is 1.82. The number of piperidine rings is 1. The Morgan fingerprint density at radius 3 is 2.82 bits per heavy atom. The van der Waals surface area contributed by atoms with Crippen molar-refractivity contribution in [2.45, 2.75) is 57.5 Å². The third kappa shape index (κ3) is 4.81. The number of H-pyrrole nitrogens is 1. The smallest absolute Gasteiger partial charge is 0.250 e. The van der Waals surface area contributed by atoms with Crippen LogP contribution in [-0.2, 0) is 6.54 Å². The van der Waals surface area contributed by atoms with Crippen LogP contribution in [0.4, 0.5) is 8.78 Å². The Balaban J connectivity index is 1.28. The second-order valence-electron chi connectivity index (χ2n) is 8.26. The Kier molecular flexibility index (Phi) is 5.83. The zero-order valence-electron chi connectivity index (χ0n) is 16.6. The molecule has 0 bridgehead atoms. The topological polar surface area (TPSA) is 44.4 Å². The van der Waals surface area contributed by atoms with Gasteiger partial charge in [-0.3, -0.25) is 4.90 Å². The SMILES string of the molecule is C[C@@H]1CCCN1CCCOc1cnc2[nH]c(CN3CCC(F)(F)CC3)cc2c1. The van der Waals surface area contributed by atoms with Crippen molar-refractivity contribution in [2.24, 2.45) is 0 Å². The van der Waals surface area contributed by atoms with E-state index in [0.717, 1.165) is 35.4 Å². The van der Waals surface area contributed by atoms with Crippen LogP contribution in [-0.4, -0.2) is 64.5 Å². The van der Waals surface area contributed by atoms with Crippen molar-refractivity contribution in [1.29, 1.82) is 0 Å². The monoisotopic (exact) mass is 392 g/mol. The molecule has 0 aromatic carbocycles. The summed E-state index contributed by atoms with van der Waals surface area (Å²) >= 11 is 0. The molecule has 2 aliphatic heterocycles. The van der Waals surface area contributed by atoms with E-state index in [1.807, 2.05) is 12.1 Å². The first-order valence-electron chi connectivity index (χ1n) is 10.4. The van der Waals surface area contributed by atoms with Crippen molar-refractivity contribution >= 4 is 11.0 Å². The number of hydrogen-bond acceptors (Lipinski definition) is 4. The van der Waals surface area contributed by atoms with Gasteiger partial charge in [0.15, 0.2) is 0 Å². The molecule has 2 aromatic rings. The van der Waals surface area contributed by atoms with Gasteiger partial charge in [0.2, 0.25) is 0 Å². The molecule has 154 valence electrons. The van der Waals surface area contributed by atoms with Gasteiger partial charge in [0.25, 0.3) is 5.92 Å². The zero-order valence-corrected chi connectivity index (χ0v) is 16.6. The molecular weight excluding hydrogens is 362 g/mol. The van der Waals surface area contributed by atoms with Gasteiger partial charge in [0, 0.05) is 56.1 Å². The van der Waals surface area contributed by atoms with E-state index < -0.39 is 5.92 Å². The van der Waals surface area contributed by atoms with E-state index in [9.17, 15) is 8.78 Å². The highest BCUT2D eigenvalue weighted by atomic mass is 19.3. The molecule has 4 rings (SSSR count). The Hall–Kier alpha value is -1.73. The Bertz CT molecular complexity index is 784. The summed E-state index contributed by atoms with van der Waals surface area (Å²) in [5.74, 6) is -1.72. The molecule has 4 heterocycles. The number of fused-ring (bicyclic) bond motifs is 1. The van der Waals surface area contributed by atoms with Gasteiger partial charge in [-0.1, -0.05) is 0 Å². The third-order valence-corrected chi connectivity index (χ3v) is 6.03. The van der Waals surface area contributed by atoms with E-state index >= 15 is 0 Å². The minimum absolute atomic E-state index is 0.0559. The summed E-state index contributed by atoms with van der Waals surface area (Å²) in [6.07, 6.45) is 5.26. The fourth-order valence-electron chi connectivity index (χ4n) is 4.28. The maximum absolute atomic E-state index is 13.3. The summed E-state index contributed by atoms with van der Waals surface area (Å²) in [4.78, 5) is 12.4. The molecule has 7 heteroatoms. The standard InChI is InChI=1S/C21H30F2N4O/c1-16-4-2-7-27(16)8-3-11-28-19-13-17-12-18(25-20(17)24-14-19)15-26-9-5-21(22,23)6-10-26/h12-14,16H,2-11,15H2,1H3,(H,24,25)/t16-/m1/s1. The molecule has 1 atom stereocenters. The maximum atomic E-state index is 13.3. The van der Waals surface area contributed by atoms with Crippen molar-refractivity contribution in [1.82, 2.24) is 19.8 Å². The summed E-state index contributed by atoms with van der Waals surface area (Å²) in [7, 11) is 0. The molecule has 5 nitrogen and oxygen atoms in total. The number of halogens is 2. The van der Waals surface area contributed by atoms with Gasteiger partial charge in [-0.15, -0.1) is 0 Å². The number of ether oxygens (including phenoxy) is 1. The van der Waals surface area contributed by atoms with Gasteiger partial charge in [-0.05, 0) is 44.9 Å². The number of rotatable bonds is 7. The highest BCUT2D eigenvalue weighted by molar-refractivity contribution is 5.77. The number of alkyl halides is 2. The highest BCUT2D eigenvalue weighted by Crippen LogP contribution is 2.29. The van der Waals surface area contributed by atoms with Crippen LogP contribution in [0.2, 0.25) is 0 Å². The lowest BCUT2D eigenvalue weighted by Gasteiger charge is -2.31. The van der Waals surface area contributed by atoms with Crippen LogP contribution in [0.3, 0.4) is 0 Å².